The molecule has 1 nitrogen and oxygen atoms in total. The molecule has 0 aliphatic rings. The van der Waals surface area contributed by atoms with Crippen molar-refractivity contribution in [3.05, 3.63) is 34.3 Å². The van der Waals surface area contributed by atoms with Crippen LogP contribution in [0, 0.1) is 0 Å². The van der Waals surface area contributed by atoms with Gasteiger partial charge >= 0.3 is 0 Å². The van der Waals surface area contributed by atoms with Crippen LogP contribution in [-0.2, 0) is 0 Å². The van der Waals surface area contributed by atoms with E-state index in [0.717, 1.165) is 6.07 Å². The predicted octanol–water partition coefficient (Wildman–Crippen LogP) is 3.09. The van der Waals surface area contributed by atoms with Crippen LogP contribution in [0.4, 0.5) is 8.78 Å². The van der Waals surface area contributed by atoms with Gasteiger partial charge in [0, 0.05) is 11.1 Å². The molecule has 0 aliphatic heterocycles. The van der Waals surface area contributed by atoms with Gasteiger partial charge in [0.05, 0.1) is 5.02 Å². The first-order valence-electron chi connectivity index (χ1n) is 3.18. The summed E-state index contributed by atoms with van der Waals surface area (Å²) in [6.07, 6.45) is -2.04. The van der Waals surface area contributed by atoms with Gasteiger partial charge in [0.2, 0.25) is 0 Å². The summed E-state index contributed by atoms with van der Waals surface area (Å²) in [6.45, 7) is 0. The minimum absolute atomic E-state index is 0.0744. The van der Waals surface area contributed by atoms with Crippen molar-refractivity contribution in [3.63, 3.8) is 0 Å². The Labute approximate surface area is 73.0 Å². The highest BCUT2D eigenvalue weighted by Gasteiger charge is 2.11. The van der Waals surface area contributed by atoms with E-state index in [4.69, 9.17) is 11.6 Å². The predicted molar refractivity (Wildman–Crippen MR) is 41.8 cm³/mol. The Kier molecular flexibility index (Phi) is 2.76. The summed E-state index contributed by atoms with van der Waals surface area (Å²) in [4.78, 5) is 10.2. The van der Waals surface area contributed by atoms with Crippen molar-refractivity contribution in [1.82, 2.24) is 0 Å². The van der Waals surface area contributed by atoms with Gasteiger partial charge in [0.1, 0.15) is 6.29 Å². The minimum atomic E-state index is -2.60. The van der Waals surface area contributed by atoms with Crippen molar-refractivity contribution in [1.29, 1.82) is 0 Å². The van der Waals surface area contributed by atoms with Crippen LogP contribution in [0.2, 0.25) is 5.02 Å². The molecule has 0 bridgehead atoms. The van der Waals surface area contributed by atoms with Crippen LogP contribution in [0.15, 0.2) is 18.2 Å². The van der Waals surface area contributed by atoms with Crippen LogP contribution in [0.25, 0.3) is 0 Å². The zero-order chi connectivity index (χ0) is 9.14. The molecule has 1 rings (SSSR count). The minimum Gasteiger partial charge on any atom is -0.298 e. The van der Waals surface area contributed by atoms with E-state index >= 15 is 0 Å². The largest absolute Gasteiger partial charge is 0.298 e. The average molecular weight is 191 g/mol. The lowest BCUT2D eigenvalue weighted by atomic mass is 10.1. The Morgan fingerprint density at radius 2 is 2.08 bits per heavy atom. The molecule has 0 atom stereocenters. The Balaban J connectivity index is 3.11. The third-order valence-electron chi connectivity index (χ3n) is 1.40. The van der Waals surface area contributed by atoms with Gasteiger partial charge in [-0.05, 0) is 6.07 Å². The molecule has 0 spiro atoms. The average Bonchev–Trinajstić information content (AvgIpc) is 2.03. The summed E-state index contributed by atoms with van der Waals surface area (Å²) in [5, 5.41) is -0.0744. The van der Waals surface area contributed by atoms with Crippen molar-refractivity contribution in [2.75, 3.05) is 0 Å². The van der Waals surface area contributed by atoms with Crippen LogP contribution in [0.3, 0.4) is 0 Å². The van der Waals surface area contributed by atoms with E-state index in [1.807, 2.05) is 0 Å². The third-order valence-corrected chi connectivity index (χ3v) is 1.72. The van der Waals surface area contributed by atoms with E-state index in [1.54, 1.807) is 0 Å². The second-order valence-corrected chi connectivity index (χ2v) is 2.61. The highest BCUT2D eigenvalue weighted by Crippen LogP contribution is 2.27. The topological polar surface area (TPSA) is 17.1 Å². The van der Waals surface area contributed by atoms with Gasteiger partial charge in [0.15, 0.2) is 0 Å². The number of benzene rings is 1. The quantitative estimate of drug-likeness (QED) is 0.655. The molecule has 0 N–H and O–H groups in total. The van der Waals surface area contributed by atoms with E-state index in [2.05, 4.69) is 0 Å². The Morgan fingerprint density at radius 1 is 1.42 bits per heavy atom. The molecule has 1 aromatic rings. The van der Waals surface area contributed by atoms with Crippen LogP contribution in [0.1, 0.15) is 22.3 Å². The summed E-state index contributed by atoms with van der Waals surface area (Å²) in [6, 6.07) is 3.67. The number of carbonyl (C=O) groups excluding carboxylic acids is 1. The molecule has 0 heterocycles. The van der Waals surface area contributed by atoms with Crippen molar-refractivity contribution in [3.8, 4) is 0 Å². The van der Waals surface area contributed by atoms with E-state index < -0.39 is 6.43 Å². The summed E-state index contributed by atoms with van der Waals surface area (Å²) in [7, 11) is 0. The fourth-order valence-electron chi connectivity index (χ4n) is 0.794. The van der Waals surface area contributed by atoms with Gasteiger partial charge in [-0.3, -0.25) is 4.79 Å². The zero-order valence-electron chi connectivity index (χ0n) is 5.93. The first-order chi connectivity index (χ1) is 5.65. The molecule has 12 heavy (non-hydrogen) atoms. The molecular formula is C8H5ClF2O. The molecule has 64 valence electrons. The summed E-state index contributed by atoms with van der Waals surface area (Å²) in [5.74, 6) is 0. The number of rotatable bonds is 2. The lowest BCUT2D eigenvalue weighted by Gasteiger charge is -2.01. The number of hydrogen-bond acceptors (Lipinski definition) is 1. The number of aldehydes is 1. The maximum atomic E-state index is 12.1. The fraction of sp³-hybridized carbons (Fsp3) is 0.125. The molecule has 0 unspecified atom stereocenters. The number of alkyl halides is 2. The number of hydrogen-bond donors (Lipinski definition) is 0. The van der Waals surface area contributed by atoms with E-state index in [1.165, 1.54) is 12.1 Å². The van der Waals surface area contributed by atoms with Gasteiger partial charge in [-0.1, -0.05) is 23.7 Å². The first kappa shape index (κ1) is 9.13. The van der Waals surface area contributed by atoms with Gasteiger partial charge in [-0.25, -0.2) is 8.78 Å². The molecule has 0 aliphatic carbocycles. The first-order valence-corrected chi connectivity index (χ1v) is 3.55. The summed E-state index contributed by atoms with van der Waals surface area (Å²) < 4.78 is 24.2. The van der Waals surface area contributed by atoms with Gasteiger partial charge in [-0.2, -0.15) is 0 Å². The highest BCUT2D eigenvalue weighted by molar-refractivity contribution is 6.31. The van der Waals surface area contributed by atoms with Crippen molar-refractivity contribution in [2.24, 2.45) is 0 Å². The number of halogens is 3. The molecule has 0 radical (unpaired) electrons. The van der Waals surface area contributed by atoms with Crippen molar-refractivity contribution in [2.45, 2.75) is 6.43 Å². The van der Waals surface area contributed by atoms with E-state index in [-0.39, 0.29) is 10.6 Å². The second kappa shape index (κ2) is 3.63. The van der Waals surface area contributed by atoms with Crippen molar-refractivity contribution >= 4 is 17.9 Å². The standard InChI is InChI=1S/C8H5ClF2O/c9-7-3-5(4-12)1-2-6(7)8(10)11/h1-4,8H. The smallest absolute Gasteiger partial charge is 0.265 e. The van der Waals surface area contributed by atoms with Crippen molar-refractivity contribution < 1.29 is 13.6 Å². The van der Waals surface area contributed by atoms with E-state index in [9.17, 15) is 13.6 Å². The summed E-state index contributed by atoms with van der Waals surface area (Å²) in [5.41, 5.74) is 0.0478. The molecule has 0 amide bonds. The van der Waals surface area contributed by atoms with Gasteiger partial charge in [0.25, 0.3) is 6.43 Å². The maximum Gasteiger partial charge on any atom is 0.265 e. The molecular weight excluding hydrogens is 186 g/mol. The van der Waals surface area contributed by atoms with E-state index in [0.29, 0.717) is 11.8 Å². The Bertz CT molecular complexity index is 299. The Morgan fingerprint density at radius 3 is 2.50 bits per heavy atom. The lowest BCUT2D eigenvalue weighted by Crippen LogP contribution is -1.87. The monoisotopic (exact) mass is 190 g/mol. The zero-order valence-corrected chi connectivity index (χ0v) is 6.68. The molecule has 1 aromatic carbocycles. The molecule has 0 saturated carbocycles. The molecule has 0 aromatic heterocycles. The molecule has 0 saturated heterocycles. The SMILES string of the molecule is O=Cc1ccc(C(F)F)c(Cl)c1. The van der Waals surface area contributed by atoms with Gasteiger partial charge in [-0.15, -0.1) is 0 Å². The lowest BCUT2D eigenvalue weighted by molar-refractivity contribution is 0.112. The van der Waals surface area contributed by atoms with Crippen LogP contribution >= 0.6 is 11.6 Å². The third kappa shape index (κ3) is 1.80. The summed E-state index contributed by atoms with van der Waals surface area (Å²) >= 11 is 5.46. The number of carbonyl (C=O) groups is 1. The van der Waals surface area contributed by atoms with Crippen LogP contribution in [-0.4, -0.2) is 6.29 Å². The normalized spacial score (nSPS) is 10.3. The molecule has 0 fully saturated rings. The highest BCUT2D eigenvalue weighted by atomic mass is 35.5. The maximum absolute atomic E-state index is 12.1. The van der Waals surface area contributed by atoms with Gasteiger partial charge < -0.3 is 0 Å². The molecule has 4 heteroatoms. The van der Waals surface area contributed by atoms with Crippen LogP contribution < -0.4 is 0 Å². The van der Waals surface area contributed by atoms with Crippen LogP contribution in [0.5, 0.6) is 0 Å². The Hall–Kier alpha value is -0.960. The second-order valence-electron chi connectivity index (χ2n) is 2.20. The fourth-order valence-corrected chi connectivity index (χ4v) is 1.07.